The molecule has 0 saturated heterocycles. The van der Waals surface area contributed by atoms with Crippen LogP contribution in [0.2, 0.25) is 0 Å². The van der Waals surface area contributed by atoms with E-state index in [9.17, 15) is 4.79 Å². The maximum absolute atomic E-state index is 12.3. The van der Waals surface area contributed by atoms with Gasteiger partial charge in [0.2, 0.25) is 5.91 Å². The predicted molar refractivity (Wildman–Crippen MR) is 112 cm³/mol. The number of imidazole rings is 1. The number of rotatable bonds is 7. The van der Waals surface area contributed by atoms with Crippen LogP contribution in [0.15, 0.2) is 66.1 Å². The van der Waals surface area contributed by atoms with Crippen LogP contribution in [0.3, 0.4) is 0 Å². The van der Waals surface area contributed by atoms with Crippen LogP contribution in [0.1, 0.15) is 29.5 Å². The molecule has 1 heterocycles. The number of amides is 1. The van der Waals surface area contributed by atoms with Crippen molar-refractivity contribution in [2.75, 3.05) is 12.3 Å². The lowest BCUT2D eigenvalue weighted by molar-refractivity contribution is -0.118. The molecule has 27 heavy (non-hydrogen) atoms. The van der Waals surface area contributed by atoms with E-state index >= 15 is 0 Å². The Labute approximate surface area is 165 Å². The summed E-state index contributed by atoms with van der Waals surface area (Å²) < 4.78 is 2.04. The van der Waals surface area contributed by atoms with Crippen molar-refractivity contribution in [3.05, 3.63) is 77.6 Å². The highest BCUT2D eigenvalue weighted by Crippen LogP contribution is 2.23. The summed E-state index contributed by atoms with van der Waals surface area (Å²) in [5.41, 5.74) is 4.75. The molecule has 0 radical (unpaired) electrons. The van der Waals surface area contributed by atoms with Crippen molar-refractivity contribution >= 4 is 17.7 Å². The van der Waals surface area contributed by atoms with Crippen LogP contribution in [0.25, 0.3) is 5.69 Å². The minimum atomic E-state index is 0.0259. The van der Waals surface area contributed by atoms with Crippen LogP contribution in [0, 0.1) is 13.8 Å². The maximum atomic E-state index is 12.3. The number of nitrogens with zero attached hydrogens (tertiary/aromatic N) is 2. The zero-order valence-corrected chi connectivity index (χ0v) is 16.8. The largest absolute Gasteiger partial charge is 0.355 e. The molecule has 4 nitrogen and oxygen atoms in total. The van der Waals surface area contributed by atoms with Gasteiger partial charge in [-0.1, -0.05) is 66.7 Å². The number of nitrogens with one attached hydrogen (secondary N) is 1. The Morgan fingerprint density at radius 1 is 1.19 bits per heavy atom. The van der Waals surface area contributed by atoms with Crippen molar-refractivity contribution in [2.24, 2.45) is 0 Å². The molecule has 140 valence electrons. The van der Waals surface area contributed by atoms with E-state index in [-0.39, 0.29) is 11.8 Å². The van der Waals surface area contributed by atoms with E-state index in [4.69, 9.17) is 0 Å². The molecule has 3 aromatic rings. The fourth-order valence-corrected chi connectivity index (χ4v) is 3.80. The van der Waals surface area contributed by atoms with E-state index in [2.05, 4.69) is 61.4 Å². The topological polar surface area (TPSA) is 46.9 Å². The third-order valence-electron chi connectivity index (χ3n) is 4.53. The van der Waals surface area contributed by atoms with Gasteiger partial charge in [-0.15, -0.1) is 0 Å². The molecular weight excluding hydrogens is 354 g/mol. The first-order valence-corrected chi connectivity index (χ1v) is 10.1. The molecule has 0 aliphatic heterocycles. The van der Waals surface area contributed by atoms with Crippen molar-refractivity contribution < 1.29 is 4.79 Å². The van der Waals surface area contributed by atoms with Crippen molar-refractivity contribution in [1.82, 2.24) is 14.9 Å². The number of benzene rings is 2. The van der Waals surface area contributed by atoms with Crippen LogP contribution < -0.4 is 5.32 Å². The molecule has 5 heteroatoms. The summed E-state index contributed by atoms with van der Waals surface area (Å²) in [7, 11) is 0. The van der Waals surface area contributed by atoms with Crippen LogP contribution in [0.5, 0.6) is 0 Å². The first-order valence-electron chi connectivity index (χ1n) is 9.10. The monoisotopic (exact) mass is 379 g/mol. The Morgan fingerprint density at radius 3 is 2.70 bits per heavy atom. The van der Waals surface area contributed by atoms with E-state index in [0.29, 0.717) is 12.3 Å². The van der Waals surface area contributed by atoms with E-state index in [0.717, 1.165) is 10.8 Å². The lowest BCUT2D eigenvalue weighted by Gasteiger charge is -2.13. The quantitative estimate of drug-likeness (QED) is 0.615. The molecule has 1 N–H and O–H groups in total. The number of aromatic nitrogens is 2. The van der Waals surface area contributed by atoms with Gasteiger partial charge in [0.25, 0.3) is 0 Å². The summed E-state index contributed by atoms with van der Waals surface area (Å²) in [6, 6.07) is 16.6. The third-order valence-corrected chi connectivity index (χ3v) is 5.49. The number of hydrogen-bond acceptors (Lipinski definition) is 3. The van der Waals surface area contributed by atoms with Crippen LogP contribution in [-0.4, -0.2) is 27.8 Å². The molecule has 0 saturated carbocycles. The Kier molecular flexibility index (Phi) is 6.35. The average molecular weight is 380 g/mol. The Morgan fingerprint density at radius 2 is 1.96 bits per heavy atom. The Balaban J connectivity index is 1.56. The molecule has 0 aliphatic carbocycles. The second kappa shape index (κ2) is 8.91. The van der Waals surface area contributed by atoms with E-state index in [1.54, 1.807) is 6.20 Å². The second-order valence-electron chi connectivity index (χ2n) is 6.77. The molecule has 0 bridgehead atoms. The van der Waals surface area contributed by atoms with Crippen LogP contribution >= 0.6 is 11.8 Å². The van der Waals surface area contributed by atoms with Gasteiger partial charge in [0.05, 0.1) is 11.4 Å². The van der Waals surface area contributed by atoms with E-state index < -0.39 is 0 Å². The lowest BCUT2D eigenvalue weighted by Crippen LogP contribution is -2.29. The smallest absolute Gasteiger partial charge is 0.230 e. The highest BCUT2D eigenvalue weighted by atomic mass is 32.2. The normalized spacial score (nSPS) is 12.0. The lowest BCUT2D eigenvalue weighted by atomic mass is 10.0. The molecule has 0 aliphatic rings. The SMILES string of the molecule is Cc1ccc(-n2ccnc2SCC(=O)NC[C@@H](C)c2ccccc2)c(C)c1. The van der Waals surface area contributed by atoms with Gasteiger partial charge in [-0.2, -0.15) is 0 Å². The first-order chi connectivity index (χ1) is 13.0. The fourth-order valence-electron chi connectivity index (χ4n) is 3.00. The minimum Gasteiger partial charge on any atom is -0.355 e. The zero-order chi connectivity index (χ0) is 19.2. The number of carbonyl (C=O) groups excluding carboxylic acids is 1. The number of thioether (sulfide) groups is 1. The maximum Gasteiger partial charge on any atom is 0.230 e. The third kappa shape index (κ3) is 5.01. The molecule has 0 spiro atoms. The van der Waals surface area contributed by atoms with Crippen LogP contribution in [0.4, 0.5) is 0 Å². The van der Waals surface area contributed by atoms with Gasteiger partial charge in [0.1, 0.15) is 0 Å². The highest BCUT2D eigenvalue weighted by Gasteiger charge is 2.12. The summed E-state index contributed by atoms with van der Waals surface area (Å²) in [6.07, 6.45) is 3.71. The number of hydrogen-bond donors (Lipinski definition) is 1. The molecule has 1 aromatic heterocycles. The van der Waals surface area contributed by atoms with E-state index in [1.165, 1.54) is 28.5 Å². The molecule has 3 rings (SSSR count). The number of carbonyl (C=O) groups is 1. The summed E-state index contributed by atoms with van der Waals surface area (Å²) >= 11 is 1.46. The zero-order valence-electron chi connectivity index (χ0n) is 16.0. The summed E-state index contributed by atoms with van der Waals surface area (Å²) in [6.45, 7) is 6.93. The van der Waals surface area contributed by atoms with Gasteiger partial charge in [-0.05, 0) is 37.0 Å². The summed E-state index contributed by atoms with van der Waals surface area (Å²) in [4.78, 5) is 16.7. The molecular formula is C22H25N3OS. The molecule has 0 unspecified atom stereocenters. The van der Waals surface area contributed by atoms with Crippen molar-refractivity contribution in [3.8, 4) is 5.69 Å². The molecule has 2 aromatic carbocycles. The standard InChI is InChI=1S/C22H25N3OS/c1-16-9-10-20(17(2)13-16)25-12-11-23-22(25)27-15-21(26)24-14-18(3)19-7-5-4-6-8-19/h4-13,18H,14-15H2,1-3H3,(H,24,26)/t18-/m1/s1. The minimum absolute atomic E-state index is 0.0259. The molecule has 1 atom stereocenters. The van der Waals surface area contributed by atoms with Crippen molar-refractivity contribution in [1.29, 1.82) is 0 Å². The molecule has 0 fully saturated rings. The van der Waals surface area contributed by atoms with Gasteiger partial charge in [-0.3, -0.25) is 9.36 Å². The molecule has 1 amide bonds. The van der Waals surface area contributed by atoms with Gasteiger partial charge < -0.3 is 5.32 Å². The van der Waals surface area contributed by atoms with Crippen LogP contribution in [-0.2, 0) is 4.79 Å². The Hall–Kier alpha value is -2.53. The summed E-state index contributed by atoms with van der Waals surface area (Å²) in [5.74, 6) is 0.666. The number of aryl methyl sites for hydroxylation is 2. The van der Waals surface area contributed by atoms with Gasteiger partial charge in [0.15, 0.2) is 5.16 Å². The average Bonchev–Trinajstić information content (AvgIpc) is 3.13. The predicted octanol–water partition coefficient (Wildman–Crippen LogP) is 4.50. The summed E-state index contributed by atoms with van der Waals surface area (Å²) in [5, 5.41) is 3.85. The highest BCUT2D eigenvalue weighted by molar-refractivity contribution is 7.99. The van der Waals surface area contributed by atoms with E-state index in [1.807, 2.05) is 29.0 Å². The second-order valence-corrected chi connectivity index (χ2v) is 7.72. The Bertz CT molecular complexity index is 905. The van der Waals surface area contributed by atoms with Gasteiger partial charge in [0, 0.05) is 18.9 Å². The van der Waals surface area contributed by atoms with Crippen molar-refractivity contribution in [2.45, 2.75) is 31.8 Å². The first kappa shape index (κ1) is 19.2. The van der Waals surface area contributed by atoms with Gasteiger partial charge >= 0.3 is 0 Å². The van der Waals surface area contributed by atoms with Crippen molar-refractivity contribution in [3.63, 3.8) is 0 Å². The fraction of sp³-hybridized carbons (Fsp3) is 0.273. The van der Waals surface area contributed by atoms with Gasteiger partial charge in [-0.25, -0.2) is 4.98 Å².